The van der Waals surface area contributed by atoms with Crippen LogP contribution in [0.5, 0.6) is 0 Å². The van der Waals surface area contributed by atoms with Gasteiger partial charge in [-0.05, 0) is 62.2 Å². The molecule has 4 aromatic heterocycles. The third-order valence-electron chi connectivity index (χ3n) is 6.14. The maximum atomic E-state index is 14.3. The van der Waals surface area contributed by atoms with E-state index in [1.165, 1.54) is 26.2 Å². The molecular formula is C27H24FN7O2. The second kappa shape index (κ2) is 9.44. The molecule has 0 saturated carbocycles. The highest BCUT2D eigenvalue weighted by molar-refractivity contribution is 6.00. The van der Waals surface area contributed by atoms with E-state index in [-0.39, 0.29) is 12.1 Å². The lowest BCUT2D eigenvalue weighted by Crippen LogP contribution is -2.42. The summed E-state index contributed by atoms with van der Waals surface area (Å²) in [5, 5.41) is 29.2. The fourth-order valence-corrected chi connectivity index (χ4v) is 4.02. The molecule has 0 radical (unpaired) electrons. The van der Waals surface area contributed by atoms with Gasteiger partial charge in [0.25, 0.3) is 5.91 Å². The zero-order valence-corrected chi connectivity index (χ0v) is 20.2. The molecule has 1 aliphatic carbocycles. The van der Waals surface area contributed by atoms with Crippen molar-refractivity contribution in [2.45, 2.75) is 32.0 Å². The number of anilines is 2. The summed E-state index contributed by atoms with van der Waals surface area (Å²) < 4.78 is 15.9. The zero-order chi connectivity index (χ0) is 26.2. The summed E-state index contributed by atoms with van der Waals surface area (Å²) in [6, 6.07) is 11.1. The average Bonchev–Trinajstić information content (AvgIpc) is 3.52. The van der Waals surface area contributed by atoms with Gasteiger partial charge < -0.3 is 15.7 Å². The minimum atomic E-state index is -1.65. The van der Waals surface area contributed by atoms with Gasteiger partial charge in [0.2, 0.25) is 0 Å². The molecule has 37 heavy (non-hydrogen) atoms. The van der Waals surface area contributed by atoms with E-state index in [1.807, 2.05) is 30.4 Å². The van der Waals surface area contributed by atoms with Crippen molar-refractivity contribution in [3.8, 4) is 17.5 Å². The van der Waals surface area contributed by atoms with Crippen LogP contribution in [0.1, 0.15) is 41.0 Å². The second-order valence-electron chi connectivity index (χ2n) is 9.36. The standard InChI is InChI=1S/C27H24FN7O2/c1-27(2,37)25(28)15-32-26(36)20-14-31-23(24-7-6-19-8-16(11-29)12-33-35(19)24)10-22(20)34-18-9-17-4-3-5-21(17)30-13-18/h3,5-10,12-14,25,37H,4,15H2,1-2H3,(H,31,34)(H,32,36)/t25-/m1/s1. The molecule has 10 heteroatoms. The number of rotatable bonds is 7. The molecular weight excluding hydrogens is 473 g/mol. The highest BCUT2D eigenvalue weighted by atomic mass is 19.1. The number of hydrogen-bond donors (Lipinski definition) is 3. The highest BCUT2D eigenvalue weighted by Gasteiger charge is 2.27. The molecule has 1 aliphatic rings. The second-order valence-corrected chi connectivity index (χ2v) is 9.36. The number of pyridine rings is 2. The number of carbonyl (C=O) groups is 1. The maximum Gasteiger partial charge on any atom is 0.255 e. The number of nitrogens with zero attached hydrogens (tertiary/aromatic N) is 5. The Morgan fingerprint density at radius 1 is 1.24 bits per heavy atom. The number of aromatic nitrogens is 4. The molecule has 0 fully saturated rings. The van der Waals surface area contributed by atoms with E-state index in [0.717, 1.165) is 23.2 Å². The molecule has 4 aromatic rings. The van der Waals surface area contributed by atoms with E-state index in [0.29, 0.717) is 28.3 Å². The lowest BCUT2D eigenvalue weighted by Gasteiger charge is -2.22. The van der Waals surface area contributed by atoms with E-state index in [2.05, 4.69) is 31.8 Å². The minimum absolute atomic E-state index is 0.200. The van der Waals surface area contributed by atoms with E-state index in [1.54, 1.807) is 22.8 Å². The summed E-state index contributed by atoms with van der Waals surface area (Å²) in [6.07, 6.45) is 7.68. The Morgan fingerprint density at radius 3 is 2.86 bits per heavy atom. The van der Waals surface area contributed by atoms with Crippen molar-refractivity contribution in [3.63, 3.8) is 0 Å². The Hall–Kier alpha value is -4.62. The summed E-state index contributed by atoms with van der Waals surface area (Å²) in [5.41, 5.74) is 4.07. The molecule has 0 aromatic carbocycles. The summed E-state index contributed by atoms with van der Waals surface area (Å²) in [5.74, 6) is -0.541. The number of alkyl halides is 1. The van der Waals surface area contributed by atoms with Gasteiger partial charge in [0.15, 0.2) is 0 Å². The van der Waals surface area contributed by atoms with E-state index < -0.39 is 17.7 Å². The van der Waals surface area contributed by atoms with Crippen LogP contribution in [0.15, 0.2) is 55.0 Å². The number of fused-ring (bicyclic) bond motifs is 2. The van der Waals surface area contributed by atoms with Crippen LogP contribution in [0.4, 0.5) is 15.8 Å². The fourth-order valence-electron chi connectivity index (χ4n) is 4.02. The van der Waals surface area contributed by atoms with Crippen LogP contribution in [0.3, 0.4) is 0 Å². The Kier molecular flexibility index (Phi) is 6.15. The van der Waals surface area contributed by atoms with Crippen LogP contribution in [-0.4, -0.2) is 48.9 Å². The molecule has 186 valence electrons. The molecule has 4 heterocycles. The van der Waals surface area contributed by atoms with Crippen LogP contribution in [0.2, 0.25) is 0 Å². The number of nitriles is 1. The lowest BCUT2D eigenvalue weighted by molar-refractivity contribution is -0.00177. The molecule has 3 N–H and O–H groups in total. The van der Waals surface area contributed by atoms with Gasteiger partial charge in [-0.3, -0.25) is 14.8 Å². The minimum Gasteiger partial charge on any atom is -0.387 e. The smallest absolute Gasteiger partial charge is 0.255 e. The van der Waals surface area contributed by atoms with Gasteiger partial charge in [-0.2, -0.15) is 10.4 Å². The largest absolute Gasteiger partial charge is 0.387 e. The molecule has 0 saturated heterocycles. The zero-order valence-electron chi connectivity index (χ0n) is 20.2. The fraction of sp³-hybridized carbons (Fsp3) is 0.222. The first-order chi connectivity index (χ1) is 17.7. The number of amides is 1. The third kappa shape index (κ3) is 4.90. The summed E-state index contributed by atoms with van der Waals surface area (Å²) in [4.78, 5) is 22.0. The molecule has 5 rings (SSSR count). The van der Waals surface area contributed by atoms with Crippen LogP contribution in [0, 0.1) is 11.3 Å². The Bertz CT molecular complexity index is 1580. The molecule has 9 nitrogen and oxygen atoms in total. The quantitative estimate of drug-likeness (QED) is 0.354. The Labute approximate surface area is 212 Å². The van der Waals surface area contributed by atoms with Crippen LogP contribution >= 0.6 is 0 Å². The van der Waals surface area contributed by atoms with Crippen LogP contribution in [-0.2, 0) is 6.42 Å². The SMILES string of the molecule is CC(C)(O)[C@H](F)CNC(=O)c1cnc(-c2ccc3cc(C#N)cnn23)cc1Nc1cnc2c(c1)CC=C2. The van der Waals surface area contributed by atoms with E-state index >= 15 is 0 Å². The van der Waals surface area contributed by atoms with Gasteiger partial charge in [0.1, 0.15) is 12.2 Å². The van der Waals surface area contributed by atoms with Gasteiger partial charge in [0, 0.05) is 6.20 Å². The molecule has 0 unspecified atom stereocenters. The maximum absolute atomic E-state index is 14.3. The predicted octanol–water partition coefficient (Wildman–Crippen LogP) is 3.81. The molecule has 0 spiro atoms. The van der Waals surface area contributed by atoms with Gasteiger partial charge >= 0.3 is 0 Å². The van der Waals surface area contributed by atoms with Gasteiger partial charge in [-0.15, -0.1) is 0 Å². The monoisotopic (exact) mass is 497 g/mol. The summed E-state index contributed by atoms with van der Waals surface area (Å²) in [6.45, 7) is 2.33. The first kappa shape index (κ1) is 24.1. The lowest BCUT2D eigenvalue weighted by atomic mass is 10.0. The number of halogens is 1. The molecule has 0 bridgehead atoms. The number of hydrogen-bond acceptors (Lipinski definition) is 7. The van der Waals surface area contributed by atoms with Gasteiger partial charge in [-0.25, -0.2) is 8.91 Å². The first-order valence-electron chi connectivity index (χ1n) is 11.7. The Morgan fingerprint density at radius 2 is 2.08 bits per heavy atom. The number of allylic oxidation sites excluding steroid dienone is 1. The van der Waals surface area contributed by atoms with Crippen molar-refractivity contribution in [3.05, 3.63) is 77.4 Å². The summed E-state index contributed by atoms with van der Waals surface area (Å²) >= 11 is 0. The van der Waals surface area contributed by atoms with Crippen molar-refractivity contribution >= 4 is 28.9 Å². The average molecular weight is 498 g/mol. The molecule has 1 atom stereocenters. The number of aliphatic hydroxyl groups is 1. The summed E-state index contributed by atoms with van der Waals surface area (Å²) in [7, 11) is 0. The van der Waals surface area contributed by atoms with Crippen LogP contribution < -0.4 is 10.6 Å². The van der Waals surface area contributed by atoms with Crippen molar-refractivity contribution in [1.29, 1.82) is 5.26 Å². The number of carbonyl (C=O) groups excluding carboxylic acids is 1. The van der Waals surface area contributed by atoms with Crippen LogP contribution in [0.25, 0.3) is 23.0 Å². The molecule has 0 aliphatic heterocycles. The Balaban J connectivity index is 1.51. The highest BCUT2D eigenvalue weighted by Crippen LogP contribution is 2.29. The van der Waals surface area contributed by atoms with Crippen molar-refractivity contribution in [1.82, 2.24) is 24.9 Å². The van der Waals surface area contributed by atoms with Crippen molar-refractivity contribution < 1.29 is 14.3 Å². The normalized spacial score (nSPS) is 13.3. The van der Waals surface area contributed by atoms with Crippen molar-refractivity contribution in [2.75, 3.05) is 11.9 Å². The van der Waals surface area contributed by atoms with Gasteiger partial charge in [0.05, 0.1) is 69.6 Å². The van der Waals surface area contributed by atoms with Crippen molar-refractivity contribution in [2.24, 2.45) is 0 Å². The van der Waals surface area contributed by atoms with Gasteiger partial charge in [-0.1, -0.05) is 6.08 Å². The van der Waals surface area contributed by atoms with E-state index in [4.69, 9.17) is 5.26 Å². The first-order valence-corrected chi connectivity index (χ1v) is 11.7. The predicted molar refractivity (Wildman–Crippen MR) is 137 cm³/mol. The topological polar surface area (TPSA) is 128 Å². The molecule has 1 amide bonds. The number of nitrogens with one attached hydrogen (secondary N) is 2. The third-order valence-corrected chi connectivity index (χ3v) is 6.14. The van der Waals surface area contributed by atoms with E-state index in [9.17, 15) is 14.3 Å².